The second-order valence-corrected chi connectivity index (χ2v) is 8.44. The maximum atomic E-state index is 13.5. The van der Waals surface area contributed by atoms with Gasteiger partial charge in [-0.3, -0.25) is 9.78 Å². The molecule has 1 aliphatic heterocycles. The highest BCUT2D eigenvalue weighted by atomic mass is 16.1. The molecule has 0 spiro atoms. The predicted octanol–water partition coefficient (Wildman–Crippen LogP) is 5.13. The first-order valence-corrected chi connectivity index (χ1v) is 10.7. The lowest BCUT2D eigenvalue weighted by molar-refractivity contribution is -0.116. The molecule has 2 heterocycles. The van der Waals surface area contributed by atoms with Crippen LogP contribution in [0.5, 0.6) is 0 Å². The van der Waals surface area contributed by atoms with Gasteiger partial charge >= 0.3 is 0 Å². The highest BCUT2D eigenvalue weighted by Crippen LogP contribution is 2.44. The van der Waals surface area contributed by atoms with E-state index >= 15 is 0 Å². The molecule has 5 heteroatoms. The number of nitrogens with zero attached hydrogens (tertiary/aromatic N) is 2. The first-order valence-electron chi connectivity index (χ1n) is 10.7. The molecule has 0 amide bonds. The second-order valence-electron chi connectivity index (χ2n) is 8.44. The van der Waals surface area contributed by atoms with E-state index in [4.69, 9.17) is 0 Å². The molecule has 5 rings (SSSR count). The van der Waals surface area contributed by atoms with Crippen molar-refractivity contribution in [3.05, 3.63) is 95.5 Å². The van der Waals surface area contributed by atoms with Crippen LogP contribution in [0.2, 0.25) is 0 Å². The molecule has 2 atom stereocenters. The number of nitrogens with one attached hydrogen (secondary N) is 2. The fourth-order valence-electron chi connectivity index (χ4n) is 4.57. The highest BCUT2D eigenvalue weighted by molar-refractivity contribution is 6.01. The number of ketones is 1. The number of hydrogen-bond donors (Lipinski definition) is 2. The summed E-state index contributed by atoms with van der Waals surface area (Å²) in [4.78, 5) is 19.9. The lowest BCUT2D eigenvalue weighted by Crippen LogP contribution is -2.27. The molecule has 1 aliphatic carbocycles. The van der Waals surface area contributed by atoms with Gasteiger partial charge in [0.2, 0.25) is 0 Å². The molecule has 0 bridgehead atoms. The number of carbonyl (C=O) groups excluding carboxylic acids is 1. The van der Waals surface area contributed by atoms with Gasteiger partial charge in [0.15, 0.2) is 5.78 Å². The number of Topliss-reactive ketones (excluding diaryl/α,β-unsaturated/α-hetero) is 1. The highest BCUT2D eigenvalue weighted by Gasteiger charge is 2.36. The number of anilines is 3. The van der Waals surface area contributed by atoms with Gasteiger partial charge in [-0.15, -0.1) is 0 Å². The number of carbonyl (C=O) groups is 1. The van der Waals surface area contributed by atoms with Crippen molar-refractivity contribution < 1.29 is 4.79 Å². The molecule has 2 aromatic carbocycles. The molecule has 3 aromatic rings. The summed E-state index contributed by atoms with van der Waals surface area (Å²) in [5.41, 5.74) is 7.18. The molecular formula is C26H26N4O. The van der Waals surface area contributed by atoms with Crippen molar-refractivity contribution in [3.63, 3.8) is 0 Å². The maximum Gasteiger partial charge on any atom is 0.163 e. The fourth-order valence-corrected chi connectivity index (χ4v) is 4.57. The smallest absolute Gasteiger partial charge is 0.163 e. The summed E-state index contributed by atoms with van der Waals surface area (Å²) in [6, 6.07) is 20.4. The second kappa shape index (κ2) is 7.91. The van der Waals surface area contributed by atoms with E-state index < -0.39 is 0 Å². The summed E-state index contributed by atoms with van der Waals surface area (Å²) in [5, 5.41) is 7.18. The molecule has 31 heavy (non-hydrogen) atoms. The van der Waals surface area contributed by atoms with Crippen LogP contribution in [0, 0.1) is 0 Å². The minimum Gasteiger partial charge on any atom is -0.378 e. The third kappa shape index (κ3) is 3.67. The normalized spacial score (nSPS) is 20.1. The van der Waals surface area contributed by atoms with Crippen LogP contribution in [0.1, 0.15) is 35.9 Å². The molecule has 0 saturated heterocycles. The monoisotopic (exact) mass is 410 g/mol. The Bertz CT molecular complexity index is 1140. The van der Waals surface area contributed by atoms with Gasteiger partial charge < -0.3 is 15.5 Å². The predicted molar refractivity (Wildman–Crippen MR) is 125 cm³/mol. The van der Waals surface area contributed by atoms with Crippen molar-refractivity contribution in [2.24, 2.45) is 0 Å². The van der Waals surface area contributed by atoms with Crippen molar-refractivity contribution in [1.82, 2.24) is 4.98 Å². The Kier molecular flexibility index (Phi) is 4.94. The van der Waals surface area contributed by atoms with Crippen LogP contribution in [-0.4, -0.2) is 24.9 Å². The number of fused-ring (bicyclic) bond motifs is 1. The number of hydrogen-bond acceptors (Lipinski definition) is 5. The Morgan fingerprint density at radius 2 is 1.68 bits per heavy atom. The van der Waals surface area contributed by atoms with Crippen LogP contribution in [0.25, 0.3) is 0 Å². The zero-order valence-corrected chi connectivity index (χ0v) is 17.8. The van der Waals surface area contributed by atoms with Crippen LogP contribution in [0.3, 0.4) is 0 Å². The van der Waals surface area contributed by atoms with E-state index in [2.05, 4.69) is 50.8 Å². The Morgan fingerprint density at radius 1 is 0.903 bits per heavy atom. The van der Waals surface area contributed by atoms with E-state index in [0.29, 0.717) is 6.42 Å². The lowest BCUT2D eigenvalue weighted by atomic mass is 9.78. The van der Waals surface area contributed by atoms with Crippen LogP contribution in [0.4, 0.5) is 17.1 Å². The van der Waals surface area contributed by atoms with Crippen molar-refractivity contribution in [1.29, 1.82) is 0 Å². The number of allylic oxidation sites excluding steroid dienone is 1. The molecule has 156 valence electrons. The maximum absolute atomic E-state index is 13.5. The number of rotatable bonds is 3. The van der Waals surface area contributed by atoms with E-state index in [1.54, 1.807) is 6.20 Å². The van der Waals surface area contributed by atoms with Crippen molar-refractivity contribution in [2.45, 2.75) is 24.8 Å². The van der Waals surface area contributed by atoms with Gasteiger partial charge in [-0.05, 0) is 53.8 Å². The van der Waals surface area contributed by atoms with Crippen molar-refractivity contribution in [2.75, 3.05) is 29.6 Å². The lowest BCUT2D eigenvalue weighted by Gasteiger charge is -2.30. The molecule has 0 unspecified atom stereocenters. The van der Waals surface area contributed by atoms with Crippen molar-refractivity contribution >= 4 is 22.8 Å². The number of aromatic nitrogens is 1. The van der Waals surface area contributed by atoms with Gasteiger partial charge in [0.25, 0.3) is 0 Å². The third-order valence-corrected chi connectivity index (χ3v) is 6.21. The van der Waals surface area contributed by atoms with E-state index in [-0.39, 0.29) is 17.7 Å². The molecule has 0 radical (unpaired) electrons. The third-order valence-electron chi connectivity index (χ3n) is 6.21. The number of para-hydroxylation sites is 2. The van der Waals surface area contributed by atoms with Crippen LogP contribution in [-0.2, 0) is 4.79 Å². The summed E-state index contributed by atoms with van der Waals surface area (Å²) in [6.45, 7) is 0. The van der Waals surface area contributed by atoms with Crippen LogP contribution < -0.4 is 15.5 Å². The van der Waals surface area contributed by atoms with Gasteiger partial charge in [-0.1, -0.05) is 30.3 Å². The zero-order chi connectivity index (χ0) is 21.4. The minimum absolute atomic E-state index is 0.162. The zero-order valence-electron chi connectivity index (χ0n) is 17.8. The number of pyridine rings is 1. The van der Waals surface area contributed by atoms with E-state index in [0.717, 1.165) is 40.3 Å². The number of benzene rings is 2. The minimum atomic E-state index is -0.218. The summed E-state index contributed by atoms with van der Waals surface area (Å²) in [5.74, 6) is 0.347. The van der Waals surface area contributed by atoms with Gasteiger partial charge in [-0.2, -0.15) is 0 Å². The molecule has 1 aromatic heterocycles. The van der Waals surface area contributed by atoms with Gasteiger partial charge in [0.05, 0.1) is 17.4 Å². The summed E-state index contributed by atoms with van der Waals surface area (Å²) in [7, 11) is 4.07. The first-order chi connectivity index (χ1) is 15.1. The molecule has 2 N–H and O–H groups in total. The summed E-state index contributed by atoms with van der Waals surface area (Å²) in [6.07, 6.45) is 4.92. The summed E-state index contributed by atoms with van der Waals surface area (Å²) < 4.78 is 0. The van der Waals surface area contributed by atoms with Crippen LogP contribution in [0.15, 0.2) is 84.3 Å². The Hall–Kier alpha value is -3.60. The molecular weight excluding hydrogens is 384 g/mol. The van der Waals surface area contributed by atoms with Crippen molar-refractivity contribution in [3.8, 4) is 0 Å². The van der Waals surface area contributed by atoms with Gasteiger partial charge in [0.1, 0.15) is 0 Å². The standard InChI is InChI=1S/C26H26N4O/c1-30(2)20-11-9-17(10-12-20)19-14-23-25(24(31)15-19)26(18-6-5-13-27-16-18)29-22-8-4-3-7-21(22)28-23/h3-13,16,19,26,28-29H,14-15H2,1-2H3/t19-,26-/m0/s1. The SMILES string of the molecule is CN(C)c1ccc([C@@H]2CC(=O)C3=C(C2)Nc2ccccc2N[C@H]3c2cccnc2)cc1. The van der Waals surface area contributed by atoms with Gasteiger partial charge in [0, 0.05) is 49.9 Å². The topological polar surface area (TPSA) is 57.3 Å². The quantitative estimate of drug-likeness (QED) is 0.627. The Morgan fingerprint density at radius 3 is 2.39 bits per heavy atom. The van der Waals surface area contributed by atoms with E-state index in [9.17, 15) is 4.79 Å². The Balaban J connectivity index is 1.55. The average Bonchev–Trinajstić information content (AvgIpc) is 2.96. The van der Waals surface area contributed by atoms with E-state index in [1.807, 2.05) is 50.6 Å². The van der Waals surface area contributed by atoms with Crippen LogP contribution >= 0.6 is 0 Å². The Labute approximate surface area is 182 Å². The molecule has 2 aliphatic rings. The molecule has 0 fully saturated rings. The summed E-state index contributed by atoms with van der Waals surface area (Å²) >= 11 is 0. The van der Waals surface area contributed by atoms with Gasteiger partial charge in [-0.25, -0.2) is 0 Å². The van der Waals surface area contributed by atoms with E-state index in [1.165, 1.54) is 5.56 Å². The average molecular weight is 411 g/mol. The fraction of sp³-hybridized carbons (Fsp3) is 0.231. The largest absolute Gasteiger partial charge is 0.378 e. The first kappa shape index (κ1) is 19.4. The molecule has 0 saturated carbocycles. The molecule has 5 nitrogen and oxygen atoms in total.